The van der Waals surface area contributed by atoms with E-state index in [0.29, 0.717) is 34.4 Å². The van der Waals surface area contributed by atoms with Gasteiger partial charge in [0.05, 0.1) is 25.5 Å². The van der Waals surface area contributed by atoms with Crippen molar-refractivity contribution >= 4 is 29.3 Å². The molecule has 1 aliphatic rings. The molecule has 1 amide bonds. The van der Waals surface area contributed by atoms with Gasteiger partial charge in [-0.2, -0.15) is 4.68 Å². The van der Waals surface area contributed by atoms with Crippen LogP contribution in [0.3, 0.4) is 0 Å². The quantitative estimate of drug-likeness (QED) is 0.565. The highest BCUT2D eigenvalue weighted by Gasteiger charge is 2.34. The van der Waals surface area contributed by atoms with Gasteiger partial charge in [0.2, 0.25) is 5.95 Å². The zero-order valence-corrected chi connectivity index (χ0v) is 18.4. The van der Waals surface area contributed by atoms with E-state index >= 15 is 0 Å². The maximum atomic E-state index is 13.5. The Labute approximate surface area is 183 Å². The summed E-state index contributed by atoms with van der Waals surface area (Å²) in [7, 11) is 3.12. The second-order valence-corrected chi connectivity index (χ2v) is 7.69. The van der Waals surface area contributed by atoms with E-state index in [0.717, 1.165) is 10.5 Å². The van der Waals surface area contributed by atoms with E-state index in [1.165, 1.54) is 0 Å². The highest BCUT2D eigenvalue weighted by molar-refractivity contribution is 7.98. The summed E-state index contributed by atoms with van der Waals surface area (Å²) in [5.74, 6) is 1.33. The third kappa shape index (κ3) is 3.93. The number of ether oxygens (including phenoxy) is 2. The van der Waals surface area contributed by atoms with E-state index in [4.69, 9.17) is 9.47 Å². The summed E-state index contributed by atoms with van der Waals surface area (Å²) < 4.78 is 12.3. The van der Waals surface area contributed by atoms with Gasteiger partial charge in [-0.05, 0) is 53.4 Å². The molecule has 1 aromatic heterocycles. The van der Waals surface area contributed by atoms with Crippen LogP contribution in [0.25, 0.3) is 0 Å². The minimum atomic E-state index is -0.480. The summed E-state index contributed by atoms with van der Waals surface area (Å²) in [6.45, 7) is 1.83. The normalized spacial score (nSPS) is 15.2. The van der Waals surface area contributed by atoms with Gasteiger partial charge in [0, 0.05) is 16.7 Å². The monoisotopic (exact) mass is 438 g/mol. The molecular formula is C21H22N6O3S. The number of allylic oxidation sites excluding steroid dienone is 1. The number of fused-ring (bicyclic) bond motifs is 1. The molecule has 0 unspecified atom stereocenters. The molecule has 9 nitrogen and oxygen atoms in total. The van der Waals surface area contributed by atoms with E-state index < -0.39 is 6.04 Å². The van der Waals surface area contributed by atoms with Gasteiger partial charge in [0.25, 0.3) is 5.91 Å². The SMILES string of the molecule is COc1ccc(NC(=O)C2=C(C)Nc3nnnn3[C@@H]2c2ccc(SC)cc2)c(OC)c1. The fourth-order valence-electron chi connectivity index (χ4n) is 3.49. The highest BCUT2D eigenvalue weighted by atomic mass is 32.2. The number of aromatic nitrogens is 4. The molecule has 1 atom stereocenters. The van der Waals surface area contributed by atoms with E-state index in [9.17, 15) is 4.79 Å². The summed E-state index contributed by atoms with van der Waals surface area (Å²) in [6, 6.07) is 12.7. The molecule has 160 valence electrons. The van der Waals surface area contributed by atoms with Crippen molar-refractivity contribution in [2.24, 2.45) is 0 Å². The second kappa shape index (κ2) is 8.68. The second-order valence-electron chi connectivity index (χ2n) is 6.81. The van der Waals surface area contributed by atoms with E-state index in [1.807, 2.05) is 37.4 Å². The van der Waals surface area contributed by atoms with Crippen LogP contribution in [0.2, 0.25) is 0 Å². The van der Waals surface area contributed by atoms with E-state index in [1.54, 1.807) is 48.9 Å². The minimum Gasteiger partial charge on any atom is -0.497 e. The summed E-state index contributed by atoms with van der Waals surface area (Å²) in [5.41, 5.74) is 2.62. The first-order chi connectivity index (χ1) is 15.0. The lowest BCUT2D eigenvalue weighted by Crippen LogP contribution is -2.31. The Morgan fingerprint density at radius 1 is 1.16 bits per heavy atom. The van der Waals surface area contributed by atoms with Crippen molar-refractivity contribution in [1.82, 2.24) is 20.2 Å². The number of amides is 1. The Morgan fingerprint density at radius 3 is 2.61 bits per heavy atom. The molecule has 0 aliphatic carbocycles. The topological polar surface area (TPSA) is 103 Å². The van der Waals surface area contributed by atoms with Crippen LogP contribution in [0.1, 0.15) is 18.5 Å². The molecule has 10 heteroatoms. The van der Waals surface area contributed by atoms with Crippen molar-refractivity contribution in [3.05, 3.63) is 59.3 Å². The van der Waals surface area contributed by atoms with Gasteiger partial charge in [-0.15, -0.1) is 11.8 Å². The van der Waals surface area contributed by atoms with Gasteiger partial charge in [-0.25, -0.2) is 0 Å². The van der Waals surface area contributed by atoms with Crippen molar-refractivity contribution in [2.45, 2.75) is 17.9 Å². The van der Waals surface area contributed by atoms with Crippen LogP contribution in [0.5, 0.6) is 11.5 Å². The van der Waals surface area contributed by atoms with Crippen molar-refractivity contribution < 1.29 is 14.3 Å². The number of carbonyl (C=O) groups is 1. The predicted molar refractivity (Wildman–Crippen MR) is 119 cm³/mol. The molecule has 0 radical (unpaired) electrons. The van der Waals surface area contributed by atoms with Gasteiger partial charge < -0.3 is 20.1 Å². The largest absolute Gasteiger partial charge is 0.497 e. The van der Waals surface area contributed by atoms with Crippen LogP contribution in [-0.4, -0.2) is 46.6 Å². The number of thioether (sulfide) groups is 1. The lowest BCUT2D eigenvalue weighted by atomic mass is 9.95. The number of tetrazole rings is 1. The number of hydrogen-bond acceptors (Lipinski definition) is 8. The first kappa shape index (κ1) is 20.7. The Balaban J connectivity index is 1.73. The van der Waals surface area contributed by atoms with Crippen LogP contribution < -0.4 is 20.1 Å². The zero-order chi connectivity index (χ0) is 22.0. The number of rotatable bonds is 6. The average molecular weight is 439 g/mol. The van der Waals surface area contributed by atoms with Gasteiger partial charge in [-0.3, -0.25) is 4.79 Å². The fourth-order valence-corrected chi connectivity index (χ4v) is 3.90. The van der Waals surface area contributed by atoms with Crippen molar-refractivity contribution in [3.63, 3.8) is 0 Å². The molecule has 0 saturated heterocycles. The Kier molecular flexibility index (Phi) is 5.81. The standard InChI is InChI=1S/C21H22N6O3S/c1-12-18(20(28)23-16-10-7-14(29-2)11-17(16)30-3)19(27-21(22-12)24-25-26-27)13-5-8-15(31-4)9-6-13/h5-11,19H,1-4H3,(H,23,28)(H,22,24,26)/t19-/m1/s1. The molecule has 0 spiro atoms. The van der Waals surface area contributed by atoms with Crippen LogP contribution in [0, 0.1) is 0 Å². The molecule has 2 N–H and O–H groups in total. The third-order valence-corrected chi connectivity index (χ3v) is 5.79. The van der Waals surface area contributed by atoms with Crippen molar-refractivity contribution in [1.29, 1.82) is 0 Å². The molecule has 4 rings (SSSR count). The van der Waals surface area contributed by atoms with Crippen LogP contribution in [0.15, 0.2) is 58.6 Å². The van der Waals surface area contributed by atoms with Crippen molar-refractivity contribution in [3.8, 4) is 11.5 Å². The van der Waals surface area contributed by atoms with Crippen LogP contribution in [0.4, 0.5) is 11.6 Å². The summed E-state index contributed by atoms with van der Waals surface area (Å²) in [4.78, 5) is 14.6. The third-order valence-electron chi connectivity index (χ3n) is 5.05. The van der Waals surface area contributed by atoms with Gasteiger partial charge in [0.1, 0.15) is 17.5 Å². The maximum absolute atomic E-state index is 13.5. The van der Waals surface area contributed by atoms with Gasteiger partial charge in [0.15, 0.2) is 0 Å². The summed E-state index contributed by atoms with van der Waals surface area (Å²) in [5, 5.41) is 18.0. The number of methoxy groups -OCH3 is 2. The van der Waals surface area contributed by atoms with E-state index in [-0.39, 0.29) is 5.91 Å². The number of anilines is 2. The first-order valence-electron chi connectivity index (χ1n) is 9.48. The molecular weight excluding hydrogens is 416 g/mol. The Bertz CT molecular complexity index is 1140. The summed E-state index contributed by atoms with van der Waals surface area (Å²) >= 11 is 1.65. The molecule has 0 saturated carbocycles. The molecule has 31 heavy (non-hydrogen) atoms. The zero-order valence-electron chi connectivity index (χ0n) is 17.5. The Morgan fingerprint density at radius 2 is 1.94 bits per heavy atom. The summed E-state index contributed by atoms with van der Waals surface area (Å²) in [6.07, 6.45) is 2.02. The van der Waals surface area contributed by atoms with Gasteiger partial charge in [-0.1, -0.05) is 17.2 Å². The maximum Gasteiger partial charge on any atom is 0.255 e. The van der Waals surface area contributed by atoms with Crippen molar-refractivity contribution in [2.75, 3.05) is 31.1 Å². The minimum absolute atomic E-state index is 0.284. The molecule has 2 aromatic carbocycles. The average Bonchev–Trinajstić information content (AvgIpc) is 3.26. The molecule has 0 fully saturated rings. The molecule has 3 aromatic rings. The number of nitrogens with one attached hydrogen (secondary N) is 2. The molecule has 1 aliphatic heterocycles. The van der Waals surface area contributed by atoms with Crippen LogP contribution in [-0.2, 0) is 4.79 Å². The van der Waals surface area contributed by atoms with Crippen LogP contribution >= 0.6 is 11.8 Å². The van der Waals surface area contributed by atoms with Gasteiger partial charge >= 0.3 is 0 Å². The smallest absolute Gasteiger partial charge is 0.255 e. The Hall–Kier alpha value is -3.53. The van der Waals surface area contributed by atoms with E-state index in [2.05, 4.69) is 26.2 Å². The number of carbonyl (C=O) groups excluding carboxylic acids is 1. The number of nitrogens with zero attached hydrogens (tertiary/aromatic N) is 4. The molecule has 2 heterocycles. The lowest BCUT2D eigenvalue weighted by Gasteiger charge is -2.28. The lowest BCUT2D eigenvalue weighted by molar-refractivity contribution is -0.113. The fraction of sp³-hybridized carbons (Fsp3) is 0.238. The number of hydrogen-bond donors (Lipinski definition) is 2. The first-order valence-corrected chi connectivity index (χ1v) is 10.7. The molecule has 0 bridgehead atoms. The highest BCUT2D eigenvalue weighted by Crippen LogP contribution is 2.36. The predicted octanol–water partition coefficient (Wildman–Crippen LogP) is 3.34. The number of benzene rings is 2.